The predicted molar refractivity (Wildman–Crippen MR) is 124 cm³/mol. The van der Waals surface area contributed by atoms with Crippen LogP contribution in [0.15, 0.2) is 72.3 Å². The summed E-state index contributed by atoms with van der Waals surface area (Å²) in [5.74, 6) is 0.287. The number of rotatable bonds is 8. The van der Waals surface area contributed by atoms with E-state index in [4.69, 9.17) is 21.1 Å². The van der Waals surface area contributed by atoms with Gasteiger partial charge < -0.3 is 14.8 Å². The molecule has 33 heavy (non-hydrogen) atoms. The fourth-order valence-corrected chi connectivity index (χ4v) is 2.94. The van der Waals surface area contributed by atoms with E-state index in [1.54, 1.807) is 54.6 Å². The lowest BCUT2D eigenvalue weighted by atomic mass is 10.1. The number of nitrogens with zero attached hydrogens (tertiary/aromatic N) is 2. The van der Waals surface area contributed by atoms with Crippen molar-refractivity contribution in [1.82, 2.24) is 0 Å². The first-order valence-corrected chi connectivity index (χ1v) is 10.0. The standard InChI is InChI=1S/C24H18ClN3O5/c1-32-23-13-17(12-18(14-26)24(29)27-20-7-5-19(25)6-8-20)4-11-22(23)33-15-16-2-9-21(10-3-16)28(30)31/h2-13H,15H2,1H3,(H,27,29)/b18-12-. The molecule has 8 nitrogen and oxygen atoms in total. The summed E-state index contributed by atoms with van der Waals surface area (Å²) in [6.45, 7) is 0.177. The Kier molecular flexibility index (Phi) is 7.63. The van der Waals surface area contributed by atoms with Crippen LogP contribution in [-0.2, 0) is 11.4 Å². The lowest BCUT2D eigenvalue weighted by Crippen LogP contribution is -2.13. The van der Waals surface area contributed by atoms with Crippen LogP contribution in [0.4, 0.5) is 11.4 Å². The highest BCUT2D eigenvalue weighted by atomic mass is 35.5. The second kappa shape index (κ2) is 10.8. The zero-order valence-electron chi connectivity index (χ0n) is 17.4. The number of methoxy groups -OCH3 is 1. The molecule has 3 rings (SSSR count). The van der Waals surface area contributed by atoms with Crippen LogP contribution in [0.5, 0.6) is 11.5 Å². The van der Waals surface area contributed by atoms with Gasteiger partial charge in [0.2, 0.25) is 0 Å². The molecule has 0 aromatic heterocycles. The molecule has 0 saturated carbocycles. The maximum absolute atomic E-state index is 12.4. The highest BCUT2D eigenvalue weighted by Gasteiger charge is 2.12. The first-order valence-electron chi connectivity index (χ1n) is 9.62. The number of carbonyl (C=O) groups is 1. The molecule has 0 bridgehead atoms. The highest BCUT2D eigenvalue weighted by molar-refractivity contribution is 6.30. The van der Waals surface area contributed by atoms with Crippen LogP contribution in [-0.4, -0.2) is 17.9 Å². The number of nitrogens with one attached hydrogen (secondary N) is 1. The van der Waals surface area contributed by atoms with Crippen molar-refractivity contribution in [3.8, 4) is 17.6 Å². The monoisotopic (exact) mass is 463 g/mol. The lowest BCUT2D eigenvalue weighted by molar-refractivity contribution is -0.384. The number of amides is 1. The van der Waals surface area contributed by atoms with Crippen LogP contribution in [0.25, 0.3) is 6.08 Å². The summed E-state index contributed by atoms with van der Waals surface area (Å²) >= 11 is 5.84. The van der Waals surface area contributed by atoms with E-state index in [0.717, 1.165) is 5.56 Å². The van der Waals surface area contributed by atoms with Crippen molar-refractivity contribution >= 4 is 35.0 Å². The predicted octanol–water partition coefficient (Wildman–Crippen LogP) is 5.38. The van der Waals surface area contributed by atoms with E-state index in [9.17, 15) is 20.2 Å². The SMILES string of the molecule is COc1cc(/C=C(/C#N)C(=O)Nc2ccc(Cl)cc2)ccc1OCc1ccc([N+](=O)[O-])cc1. The molecule has 3 aromatic carbocycles. The number of non-ortho nitro benzene ring substituents is 1. The maximum Gasteiger partial charge on any atom is 0.269 e. The van der Waals surface area contributed by atoms with E-state index in [1.807, 2.05) is 6.07 Å². The summed E-state index contributed by atoms with van der Waals surface area (Å²) in [5.41, 5.74) is 1.74. The number of carbonyl (C=O) groups excluding carboxylic acids is 1. The van der Waals surface area contributed by atoms with Gasteiger partial charge in [0.15, 0.2) is 11.5 Å². The number of ether oxygens (including phenoxy) is 2. The minimum atomic E-state index is -0.558. The quantitative estimate of drug-likeness (QED) is 0.207. The van der Waals surface area contributed by atoms with Gasteiger partial charge in [-0.05, 0) is 65.7 Å². The van der Waals surface area contributed by atoms with Crippen molar-refractivity contribution in [3.05, 3.63) is 98.6 Å². The van der Waals surface area contributed by atoms with Gasteiger partial charge in [-0.2, -0.15) is 5.26 Å². The number of anilines is 1. The minimum absolute atomic E-state index is 0.000803. The van der Waals surface area contributed by atoms with E-state index < -0.39 is 10.8 Å². The van der Waals surface area contributed by atoms with Gasteiger partial charge in [-0.25, -0.2) is 0 Å². The molecule has 0 aliphatic carbocycles. The van der Waals surface area contributed by atoms with Gasteiger partial charge in [0.25, 0.3) is 11.6 Å². The molecule has 3 aromatic rings. The van der Waals surface area contributed by atoms with Crippen LogP contribution in [0, 0.1) is 21.4 Å². The number of nitriles is 1. The van der Waals surface area contributed by atoms with Crippen LogP contribution >= 0.6 is 11.6 Å². The molecule has 0 atom stereocenters. The number of halogens is 1. The normalized spacial score (nSPS) is 10.8. The first-order chi connectivity index (χ1) is 15.9. The Morgan fingerprint density at radius 1 is 1.12 bits per heavy atom. The molecular formula is C24H18ClN3O5. The third-order valence-electron chi connectivity index (χ3n) is 4.51. The van der Waals surface area contributed by atoms with Gasteiger partial charge >= 0.3 is 0 Å². The molecule has 0 unspecified atom stereocenters. The van der Waals surface area contributed by atoms with E-state index in [0.29, 0.717) is 27.8 Å². The second-order valence-corrected chi connectivity index (χ2v) is 7.19. The molecule has 0 aliphatic heterocycles. The summed E-state index contributed by atoms with van der Waals surface area (Å²) in [4.78, 5) is 22.7. The fraction of sp³-hybridized carbons (Fsp3) is 0.0833. The zero-order valence-corrected chi connectivity index (χ0v) is 18.2. The van der Waals surface area contributed by atoms with E-state index in [2.05, 4.69) is 5.32 Å². The molecule has 0 heterocycles. The number of benzene rings is 3. The van der Waals surface area contributed by atoms with Crippen molar-refractivity contribution < 1.29 is 19.2 Å². The Balaban J connectivity index is 1.72. The van der Waals surface area contributed by atoms with Gasteiger partial charge in [-0.15, -0.1) is 0 Å². The Morgan fingerprint density at radius 2 is 1.82 bits per heavy atom. The summed E-state index contributed by atoms with van der Waals surface area (Å²) < 4.78 is 11.1. The lowest BCUT2D eigenvalue weighted by Gasteiger charge is -2.11. The summed E-state index contributed by atoms with van der Waals surface area (Å²) in [6.07, 6.45) is 1.44. The Hall–Kier alpha value is -4.35. The fourth-order valence-electron chi connectivity index (χ4n) is 2.82. The Labute approximate surface area is 194 Å². The number of nitro benzene ring substituents is 1. The van der Waals surface area contributed by atoms with Gasteiger partial charge in [0, 0.05) is 22.8 Å². The second-order valence-electron chi connectivity index (χ2n) is 6.75. The zero-order chi connectivity index (χ0) is 23.8. The van der Waals surface area contributed by atoms with E-state index in [1.165, 1.54) is 25.3 Å². The number of hydrogen-bond acceptors (Lipinski definition) is 6. The summed E-state index contributed by atoms with van der Waals surface area (Å²) in [5, 5.41) is 23.4. The summed E-state index contributed by atoms with van der Waals surface area (Å²) in [6, 6.07) is 19.4. The van der Waals surface area contributed by atoms with Gasteiger partial charge in [0.05, 0.1) is 12.0 Å². The van der Waals surface area contributed by atoms with Gasteiger partial charge in [0.1, 0.15) is 18.2 Å². The molecule has 9 heteroatoms. The minimum Gasteiger partial charge on any atom is -0.493 e. The summed E-state index contributed by atoms with van der Waals surface area (Å²) in [7, 11) is 1.47. The van der Waals surface area contributed by atoms with Crippen molar-refractivity contribution in [2.24, 2.45) is 0 Å². The van der Waals surface area contributed by atoms with Crippen molar-refractivity contribution in [3.63, 3.8) is 0 Å². The third-order valence-corrected chi connectivity index (χ3v) is 4.76. The average Bonchev–Trinajstić information content (AvgIpc) is 2.83. The highest BCUT2D eigenvalue weighted by Crippen LogP contribution is 2.30. The van der Waals surface area contributed by atoms with E-state index >= 15 is 0 Å². The Morgan fingerprint density at radius 3 is 2.42 bits per heavy atom. The van der Waals surface area contributed by atoms with E-state index in [-0.39, 0.29) is 17.9 Å². The molecule has 166 valence electrons. The van der Waals surface area contributed by atoms with Crippen molar-refractivity contribution in [2.75, 3.05) is 12.4 Å². The van der Waals surface area contributed by atoms with Gasteiger partial charge in [-0.1, -0.05) is 17.7 Å². The molecule has 1 N–H and O–H groups in total. The van der Waals surface area contributed by atoms with Crippen LogP contribution in [0.3, 0.4) is 0 Å². The smallest absolute Gasteiger partial charge is 0.269 e. The third kappa shape index (κ3) is 6.32. The van der Waals surface area contributed by atoms with Gasteiger partial charge in [-0.3, -0.25) is 14.9 Å². The average molecular weight is 464 g/mol. The molecule has 0 spiro atoms. The number of hydrogen-bond donors (Lipinski definition) is 1. The van der Waals surface area contributed by atoms with Crippen molar-refractivity contribution in [1.29, 1.82) is 5.26 Å². The molecule has 0 fully saturated rings. The molecular weight excluding hydrogens is 446 g/mol. The molecule has 0 saturated heterocycles. The molecule has 0 aliphatic rings. The van der Waals surface area contributed by atoms with Crippen LogP contribution < -0.4 is 14.8 Å². The number of nitro groups is 1. The maximum atomic E-state index is 12.4. The molecule has 0 radical (unpaired) electrons. The van der Waals surface area contributed by atoms with Crippen molar-refractivity contribution in [2.45, 2.75) is 6.61 Å². The topological polar surface area (TPSA) is 114 Å². The Bertz CT molecular complexity index is 1230. The molecule has 1 amide bonds. The first kappa shape index (κ1) is 23.3. The van der Waals surface area contributed by atoms with Crippen LogP contribution in [0.2, 0.25) is 5.02 Å². The largest absolute Gasteiger partial charge is 0.493 e. The van der Waals surface area contributed by atoms with Crippen LogP contribution in [0.1, 0.15) is 11.1 Å².